The average Bonchev–Trinajstić information content (AvgIpc) is 3.09. The average molecular weight is 526 g/mol. The van der Waals surface area contributed by atoms with Crippen LogP contribution in [0.25, 0.3) is 0 Å². The molecule has 0 saturated carbocycles. The summed E-state index contributed by atoms with van der Waals surface area (Å²) in [5, 5.41) is 3.63. The van der Waals surface area contributed by atoms with Crippen molar-refractivity contribution in [1.82, 2.24) is 4.90 Å². The number of ether oxygens (including phenoxy) is 1. The number of carbonyl (C=O) groups is 2. The van der Waals surface area contributed by atoms with Crippen LogP contribution in [-0.2, 0) is 16.1 Å². The molecular formula is C27H25ClFN3O3S. The zero-order valence-electron chi connectivity index (χ0n) is 19.6. The predicted octanol–water partition coefficient (Wildman–Crippen LogP) is 5.80. The number of hydrogen-bond donors (Lipinski definition) is 1. The smallest absolute Gasteiger partial charge is 0.256 e. The van der Waals surface area contributed by atoms with Gasteiger partial charge in [-0.2, -0.15) is 0 Å². The molecule has 1 atom stereocenters. The van der Waals surface area contributed by atoms with Crippen molar-refractivity contribution < 1.29 is 18.7 Å². The van der Waals surface area contributed by atoms with E-state index in [2.05, 4.69) is 5.32 Å². The monoisotopic (exact) mass is 525 g/mol. The second kappa shape index (κ2) is 11.5. The maximum absolute atomic E-state index is 13.5. The van der Waals surface area contributed by atoms with Crippen LogP contribution in [0, 0.1) is 5.82 Å². The molecule has 1 N–H and O–H groups in total. The lowest BCUT2D eigenvalue weighted by Gasteiger charge is -2.24. The lowest BCUT2D eigenvalue weighted by Crippen LogP contribution is -2.37. The summed E-state index contributed by atoms with van der Waals surface area (Å²) in [6.07, 6.45) is 0.787. The zero-order chi connectivity index (χ0) is 25.7. The van der Waals surface area contributed by atoms with Crippen LogP contribution >= 0.6 is 23.8 Å². The molecule has 4 rings (SSSR count). The van der Waals surface area contributed by atoms with Gasteiger partial charge in [0.2, 0.25) is 5.91 Å². The fourth-order valence-electron chi connectivity index (χ4n) is 3.87. The first-order valence-corrected chi connectivity index (χ1v) is 12.3. The summed E-state index contributed by atoms with van der Waals surface area (Å²) in [6, 6.07) is 18.9. The third-order valence-electron chi connectivity index (χ3n) is 5.66. The van der Waals surface area contributed by atoms with Gasteiger partial charge in [0, 0.05) is 17.3 Å². The molecule has 2 amide bonds. The van der Waals surface area contributed by atoms with Crippen LogP contribution in [0.2, 0.25) is 5.02 Å². The van der Waals surface area contributed by atoms with Gasteiger partial charge in [0.1, 0.15) is 17.6 Å². The Morgan fingerprint density at radius 1 is 1.06 bits per heavy atom. The Balaban J connectivity index is 1.53. The van der Waals surface area contributed by atoms with Crippen LogP contribution in [-0.4, -0.2) is 34.5 Å². The van der Waals surface area contributed by atoms with E-state index in [-0.39, 0.29) is 35.7 Å². The quantitative estimate of drug-likeness (QED) is 0.358. The molecule has 1 fully saturated rings. The molecule has 186 valence electrons. The molecule has 6 nitrogen and oxygen atoms in total. The van der Waals surface area contributed by atoms with Crippen molar-refractivity contribution in [3.05, 3.63) is 89.2 Å². The van der Waals surface area contributed by atoms with E-state index in [1.54, 1.807) is 65.6 Å². The molecule has 1 aliphatic rings. The molecule has 1 saturated heterocycles. The number of benzene rings is 3. The number of carbonyl (C=O) groups excluding carboxylic acids is 2. The van der Waals surface area contributed by atoms with Gasteiger partial charge < -0.3 is 15.0 Å². The van der Waals surface area contributed by atoms with Crippen LogP contribution in [0.5, 0.6) is 5.75 Å². The van der Waals surface area contributed by atoms with Crippen LogP contribution in [0.15, 0.2) is 72.8 Å². The molecule has 1 aliphatic heterocycles. The van der Waals surface area contributed by atoms with E-state index >= 15 is 0 Å². The Hall–Kier alpha value is -3.49. The van der Waals surface area contributed by atoms with Crippen molar-refractivity contribution in [2.75, 3.05) is 16.8 Å². The van der Waals surface area contributed by atoms with E-state index in [4.69, 9.17) is 28.6 Å². The summed E-state index contributed by atoms with van der Waals surface area (Å²) in [5.41, 5.74) is 1.91. The minimum absolute atomic E-state index is 0.113. The molecule has 36 heavy (non-hydrogen) atoms. The highest BCUT2D eigenvalue weighted by Crippen LogP contribution is 2.30. The minimum Gasteiger partial charge on any atom is -0.494 e. The number of nitrogens with one attached hydrogen (secondary N) is 1. The number of halogens is 2. The predicted molar refractivity (Wildman–Crippen MR) is 143 cm³/mol. The molecule has 0 bridgehead atoms. The Morgan fingerprint density at radius 2 is 1.72 bits per heavy atom. The molecule has 0 spiro atoms. The van der Waals surface area contributed by atoms with Crippen molar-refractivity contribution in [2.45, 2.75) is 32.4 Å². The topological polar surface area (TPSA) is 61.9 Å². The first-order valence-electron chi connectivity index (χ1n) is 11.5. The largest absolute Gasteiger partial charge is 0.494 e. The molecule has 3 aromatic rings. The molecular weight excluding hydrogens is 501 g/mol. The molecule has 0 radical (unpaired) electrons. The maximum atomic E-state index is 13.5. The van der Waals surface area contributed by atoms with Crippen molar-refractivity contribution in [3.8, 4) is 5.75 Å². The molecule has 0 aliphatic carbocycles. The standard InChI is InChI=1S/C27H25ClFN3O3S/c1-2-15-35-23-13-9-21(10-14-23)30-25(33)16-24-26(34)32(22-11-5-19(28)6-12-22)27(36)31(24)17-18-3-7-20(29)8-4-18/h3-14,24H,2,15-17H2,1H3,(H,30,33). The van der Waals surface area contributed by atoms with Gasteiger partial charge in [-0.25, -0.2) is 4.39 Å². The second-order valence-electron chi connectivity index (χ2n) is 8.33. The summed E-state index contributed by atoms with van der Waals surface area (Å²) in [6.45, 7) is 2.89. The summed E-state index contributed by atoms with van der Waals surface area (Å²) in [4.78, 5) is 29.6. The van der Waals surface area contributed by atoms with E-state index < -0.39 is 6.04 Å². The Labute approximate surface area is 219 Å². The summed E-state index contributed by atoms with van der Waals surface area (Å²) >= 11 is 11.7. The van der Waals surface area contributed by atoms with Crippen molar-refractivity contribution in [2.24, 2.45) is 0 Å². The van der Waals surface area contributed by atoms with Gasteiger partial charge >= 0.3 is 0 Å². The second-order valence-corrected chi connectivity index (χ2v) is 9.13. The lowest BCUT2D eigenvalue weighted by molar-refractivity contribution is -0.124. The SMILES string of the molecule is CCCOc1ccc(NC(=O)CC2C(=O)N(c3ccc(Cl)cc3)C(=S)N2Cc2ccc(F)cc2)cc1. The van der Waals surface area contributed by atoms with E-state index in [1.807, 2.05) is 6.92 Å². The number of amides is 2. The highest BCUT2D eigenvalue weighted by Gasteiger charge is 2.44. The number of nitrogens with zero attached hydrogens (tertiary/aromatic N) is 2. The van der Waals surface area contributed by atoms with Gasteiger partial charge in [-0.15, -0.1) is 0 Å². The number of anilines is 2. The maximum Gasteiger partial charge on any atom is 0.256 e. The van der Waals surface area contributed by atoms with Crippen LogP contribution in [0.4, 0.5) is 15.8 Å². The van der Waals surface area contributed by atoms with Crippen LogP contribution < -0.4 is 15.0 Å². The third-order valence-corrected chi connectivity index (χ3v) is 6.33. The van der Waals surface area contributed by atoms with Crippen molar-refractivity contribution in [1.29, 1.82) is 0 Å². The summed E-state index contributed by atoms with van der Waals surface area (Å²) in [7, 11) is 0. The molecule has 3 aromatic carbocycles. The highest BCUT2D eigenvalue weighted by molar-refractivity contribution is 7.80. The minimum atomic E-state index is -0.828. The molecule has 1 heterocycles. The Kier molecular flexibility index (Phi) is 8.18. The summed E-state index contributed by atoms with van der Waals surface area (Å²) in [5.74, 6) is -0.290. The Morgan fingerprint density at radius 3 is 2.36 bits per heavy atom. The van der Waals surface area contributed by atoms with E-state index in [9.17, 15) is 14.0 Å². The van der Waals surface area contributed by atoms with Crippen LogP contribution in [0.3, 0.4) is 0 Å². The number of rotatable bonds is 9. The van der Waals surface area contributed by atoms with Crippen molar-refractivity contribution >= 4 is 52.1 Å². The summed E-state index contributed by atoms with van der Waals surface area (Å²) < 4.78 is 19.0. The van der Waals surface area contributed by atoms with Gasteiger partial charge in [-0.05, 0) is 84.9 Å². The van der Waals surface area contributed by atoms with Gasteiger partial charge in [0.05, 0.1) is 18.7 Å². The van der Waals surface area contributed by atoms with Crippen LogP contribution in [0.1, 0.15) is 25.3 Å². The van der Waals surface area contributed by atoms with Gasteiger partial charge in [0.25, 0.3) is 5.91 Å². The Bertz CT molecular complexity index is 1240. The van der Waals surface area contributed by atoms with Gasteiger partial charge in [-0.3, -0.25) is 14.5 Å². The van der Waals surface area contributed by atoms with Gasteiger partial charge in [0.15, 0.2) is 5.11 Å². The lowest BCUT2D eigenvalue weighted by atomic mass is 10.1. The first kappa shape index (κ1) is 25.6. The third kappa shape index (κ3) is 6.01. The normalized spacial score (nSPS) is 15.4. The van der Waals surface area contributed by atoms with Crippen molar-refractivity contribution in [3.63, 3.8) is 0 Å². The molecule has 0 aromatic heterocycles. The highest BCUT2D eigenvalue weighted by atomic mass is 35.5. The van der Waals surface area contributed by atoms with E-state index in [1.165, 1.54) is 17.0 Å². The van der Waals surface area contributed by atoms with Gasteiger partial charge in [-0.1, -0.05) is 30.7 Å². The molecule has 1 unspecified atom stereocenters. The zero-order valence-corrected chi connectivity index (χ0v) is 21.2. The number of hydrogen-bond acceptors (Lipinski definition) is 4. The fraction of sp³-hybridized carbons (Fsp3) is 0.222. The molecule has 9 heteroatoms. The first-order chi connectivity index (χ1) is 17.4. The van der Waals surface area contributed by atoms with E-state index in [0.29, 0.717) is 23.0 Å². The fourth-order valence-corrected chi connectivity index (χ4v) is 4.38. The number of thiocarbonyl (C=S) groups is 1. The van der Waals surface area contributed by atoms with E-state index in [0.717, 1.165) is 17.7 Å².